The first-order chi connectivity index (χ1) is 12.4. The van der Waals surface area contributed by atoms with Crippen LogP contribution in [0.1, 0.15) is 19.5 Å². The van der Waals surface area contributed by atoms with Gasteiger partial charge < -0.3 is 16.8 Å². The van der Waals surface area contributed by atoms with Crippen LogP contribution < -0.4 is 16.8 Å². The predicted molar refractivity (Wildman–Crippen MR) is 102 cm³/mol. The topological polar surface area (TPSA) is 158 Å². The number of nitrogen functional groups attached to an aromatic ring is 1. The predicted octanol–water partition coefficient (Wildman–Crippen LogP) is 0.720. The van der Waals surface area contributed by atoms with Crippen molar-refractivity contribution in [2.24, 2.45) is 11.1 Å². The normalized spacial score (nSPS) is 11.8. The molecular weight excluding hydrogens is 370 g/mol. The fourth-order valence-corrected chi connectivity index (χ4v) is 2.78. The molecule has 2 rings (SSSR count). The van der Waals surface area contributed by atoms with Crippen LogP contribution >= 0.6 is 0 Å². The van der Waals surface area contributed by atoms with Gasteiger partial charge in [-0.05, 0) is 38.1 Å². The Morgan fingerprint density at radius 3 is 2.26 bits per heavy atom. The number of nitrogens with two attached hydrogens (primary N) is 2. The second-order valence-electron chi connectivity index (χ2n) is 6.70. The second kappa shape index (κ2) is 7.31. The molecule has 0 aliphatic heterocycles. The number of carbonyl (C=O) groups is 2. The third kappa shape index (κ3) is 5.23. The highest BCUT2D eigenvalue weighted by Crippen LogP contribution is 2.22. The van der Waals surface area contributed by atoms with Gasteiger partial charge in [-0.2, -0.15) is 0 Å². The summed E-state index contributed by atoms with van der Waals surface area (Å²) in [6.45, 7) is 2.87. The van der Waals surface area contributed by atoms with Gasteiger partial charge in [0.1, 0.15) is 11.2 Å². The second-order valence-corrected chi connectivity index (χ2v) is 8.84. The molecule has 0 unspecified atom stereocenters. The van der Waals surface area contributed by atoms with E-state index in [0.29, 0.717) is 16.9 Å². The quantitative estimate of drug-likeness (QED) is 0.612. The van der Waals surface area contributed by atoms with Crippen molar-refractivity contribution in [3.05, 3.63) is 36.0 Å². The fraction of sp³-hybridized carbons (Fsp3) is 0.294. The summed E-state index contributed by atoms with van der Waals surface area (Å²) in [4.78, 5) is 31.8. The lowest BCUT2D eigenvalue weighted by atomic mass is 9.91. The summed E-state index contributed by atoms with van der Waals surface area (Å²) in [5.41, 5.74) is 11.0. The Hall–Kier alpha value is -3.01. The van der Waals surface area contributed by atoms with Gasteiger partial charge in [-0.25, -0.2) is 18.4 Å². The first-order valence-electron chi connectivity index (χ1n) is 7.91. The van der Waals surface area contributed by atoms with Gasteiger partial charge in [0.15, 0.2) is 15.7 Å². The Labute approximate surface area is 157 Å². The molecule has 0 atom stereocenters. The van der Waals surface area contributed by atoms with Crippen molar-refractivity contribution in [1.29, 1.82) is 0 Å². The van der Waals surface area contributed by atoms with Gasteiger partial charge in [0, 0.05) is 23.6 Å². The van der Waals surface area contributed by atoms with E-state index in [2.05, 4.69) is 15.3 Å². The van der Waals surface area contributed by atoms with Crippen LogP contribution in [0.5, 0.6) is 0 Å². The zero-order valence-electron chi connectivity index (χ0n) is 15.2. The number of hydrogen-bond donors (Lipinski definition) is 3. The lowest BCUT2D eigenvalue weighted by molar-refractivity contribution is -0.136. The highest BCUT2D eigenvalue weighted by atomic mass is 32.2. The van der Waals surface area contributed by atoms with Gasteiger partial charge in [-0.3, -0.25) is 9.59 Å². The number of nitrogens with one attached hydrogen (secondary N) is 1. The number of anilines is 2. The van der Waals surface area contributed by atoms with Gasteiger partial charge in [-0.1, -0.05) is 0 Å². The van der Waals surface area contributed by atoms with Gasteiger partial charge >= 0.3 is 0 Å². The Balaban J connectivity index is 2.25. The number of aromatic nitrogens is 2. The van der Waals surface area contributed by atoms with Crippen molar-refractivity contribution in [2.45, 2.75) is 19.6 Å². The lowest BCUT2D eigenvalue weighted by Crippen LogP contribution is -2.42. The van der Waals surface area contributed by atoms with E-state index < -0.39 is 27.1 Å². The maximum atomic E-state index is 12.1. The van der Waals surface area contributed by atoms with Crippen molar-refractivity contribution >= 4 is 33.2 Å². The number of nitrogens with zero attached hydrogens (tertiary/aromatic N) is 2. The monoisotopic (exact) mass is 391 g/mol. The number of primary amides is 1. The molecule has 2 amide bonds. The Kier molecular flexibility index (Phi) is 5.50. The summed E-state index contributed by atoms with van der Waals surface area (Å²) in [7, 11) is -3.27. The van der Waals surface area contributed by atoms with Crippen LogP contribution in [-0.2, 0) is 25.2 Å². The molecule has 27 heavy (non-hydrogen) atoms. The number of rotatable bonds is 6. The number of sulfone groups is 1. The lowest BCUT2D eigenvalue weighted by Gasteiger charge is -2.19. The molecule has 1 aromatic carbocycles. The molecule has 5 N–H and O–H groups in total. The van der Waals surface area contributed by atoms with E-state index in [9.17, 15) is 18.0 Å². The first kappa shape index (κ1) is 20.3. The molecule has 144 valence electrons. The van der Waals surface area contributed by atoms with Crippen LogP contribution in [0.25, 0.3) is 11.4 Å². The van der Waals surface area contributed by atoms with Crippen LogP contribution in [0.4, 0.5) is 11.5 Å². The van der Waals surface area contributed by atoms with Gasteiger partial charge in [-0.15, -0.1) is 0 Å². The van der Waals surface area contributed by atoms with Crippen molar-refractivity contribution in [2.75, 3.05) is 17.3 Å². The molecule has 0 fully saturated rings. The molecule has 1 aromatic heterocycles. The zero-order valence-corrected chi connectivity index (χ0v) is 16.0. The van der Waals surface area contributed by atoms with Crippen molar-refractivity contribution in [1.82, 2.24) is 9.97 Å². The molecule has 9 nitrogen and oxygen atoms in total. The Morgan fingerprint density at radius 2 is 1.74 bits per heavy atom. The highest BCUT2D eigenvalue weighted by molar-refractivity contribution is 7.89. The van der Waals surface area contributed by atoms with E-state index in [1.165, 1.54) is 19.9 Å². The molecular formula is C17H21N5O4S. The minimum absolute atomic E-state index is 0.152. The van der Waals surface area contributed by atoms with E-state index in [0.717, 1.165) is 6.26 Å². The minimum Gasteiger partial charge on any atom is -0.384 e. The Bertz CT molecular complexity index is 985. The van der Waals surface area contributed by atoms with Crippen molar-refractivity contribution < 1.29 is 18.0 Å². The zero-order chi connectivity index (χ0) is 20.4. The average Bonchev–Trinajstić information content (AvgIpc) is 2.53. The molecule has 0 saturated carbocycles. The minimum atomic E-state index is -3.27. The molecule has 0 aliphatic rings. The van der Waals surface area contributed by atoms with Crippen LogP contribution in [0.2, 0.25) is 0 Å². The van der Waals surface area contributed by atoms with Crippen LogP contribution in [-0.4, -0.2) is 36.5 Å². The summed E-state index contributed by atoms with van der Waals surface area (Å²) in [5.74, 6) is -1.09. The molecule has 0 radical (unpaired) electrons. The summed E-state index contributed by atoms with van der Waals surface area (Å²) in [5, 5.41) is 2.61. The summed E-state index contributed by atoms with van der Waals surface area (Å²) < 4.78 is 22.9. The summed E-state index contributed by atoms with van der Waals surface area (Å²) in [6.07, 6.45) is 1.11. The van der Waals surface area contributed by atoms with Gasteiger partial charge in [0.2, 0.25) is 11.8 Å². The molecule has 10 heteroatoms. The molecule has 1 heterocycles. The van der Waals surface area contributed by atoms with Crippen molar-refractivity contribution in [3.63, 3.8) is 0 Å². The average molecular weight is 391 g/mol. The number of amides is 2. The van der Waals surface area contributed by atoms with Crippen LogP contribution in [0.3, 0.4) is 0 Å². The highest BCUT2D eigenvalue weighted by Gasteiger charge is 2.34. The van der Waals surface area contributed by atoms with E-state index >= 15 is 0 Å². The molecule has 0 saturated heterocycles. The maximum absolute atomic E-state index is 12.1. The van der Waals surface area contributed by atoms with E-state index in [4.69, 9.17) is 11.5 Å². The summed E-state index contributed by atoms with van der Waals surface area (Å²) >= 11 is 0. The van der Waals surface area contributed by atoms with Gasteiger partial charge in [0.25, 0.3) is 0 Å². The van der Waals surface area contributed by atoms with Crippen molar-refractivity contribution in [3.8, 4) is 11.4 Å². The van der Waals surface area contributed by atoms with Crippen LogP contribution in [0.15, 0.2) is 30.3 Å². The fourth-order valence-electron chi connectivity index (χ4n) is 2.09. The first-order valence-corrected chi connectivity index (χ1v) is 9.97. The molecule has 0 spiro atoms. The largest absolute Gasteiger partial charge is 0.384 e. The Morgan fingerprint density at radius 1 is 1.15 bits per heavy atom. The van der Waals surface area contributed by atoms with Crippen LogP contribution in [0, 0.1) is 5.41 Å². The third-order valence-corrected chi connectivity index (χ3v) is 4.61. The van der Waals surface area contributed by atoms with E-state index in [1.807, 2.05) is 0 Å². The number of hydrogen-bond acceptors (Lipinski definition) is 7. The standard InChI is InChI=1S/C17H21N5O4S/c1-17(2,15(19)23)16(24)21-11-6-4-10(5-7-11)14-20-12(8-13(18)22-14)9-27(3,25)26/h4-8H,9H2,1-3H3,(H2,19,23)(H,21,24)(H2,18,20,22). The number of benzene rings is 1. The van der Waals surface area contributed by atoms with Gasteiger partial charge in [0.05, 0.1) is 11.4 Å². The van der Waals surface area contributed by atoms with E-state index in [-0.39, 0.29) is 17.4 Å². The number of carbonyl (C=O) groups excluding carboxylic acids is 2. The molecule has 0 bridgehead atoms. The van der Waals surface area contributed by atoms with E-state index in [1.54, 1.807) is 24.3 Å². The molecule has 2 aromatic rings. The maximum Gasteiger partial charge on any atom is 0.239 e. The summed E-state index contributed by atoms with van der Waals surface area (Å²) in [6, 6.07) is 7.91. The third-order valence-electron chi connectivity index (χ3n) is 3.79. The smallest absolute Gasteiger partial charge is 0.239 e. The SMILES string of the molecule is CC(C)(C(N)=O)C(=O)Nc1ccc(-c2nc(N)cc(CS(C)(=O)=O)n2)cc1. The molecule has 0 aliphatic carbocycles.